The highest BCUT2D eigenvalue weighted by molar-refractivity contribution is 5.85. The molecule has 1 saturated heterocycles. The van der Waals surface area contributed by atoms with Crippen LogP contribution in [0, 0.1) is 5.41 Å². The van der Waals surface area contributed by atoms with Gasteiger partial charge in [-0.15, -0.1) is 12.4 Å². The molecule has 0 aliphatic carbocycles. The molecule has 1 rings (SSSR count). The molecule has 0 atom stereocenters. The van der Waals surface area contributed by atoms with Gasteiger partial charge in [0.25, 0.3) is 0 Å². The maximum atomic E-state index is 6.95. The van der Waals surface area contributed by atoms with E-state index >= 15 is 0 Å². The predicted molar refractivity (Wildman–Crippen MR) is 79.3 cm³/mol. The number of amidine groups is 1. The Hall–Kier alpha value is -0.280. The standard InChI is InChI=1S/C8H18N2.C5H11N.ClH/c1-2-3-4-5-6-7-8(9)10;1-2-4-6-5-3-1;/h2-7H2,1H3,(H3,9,10);6H,1-5H2;1H. The third kappa shape index (κ3) is 18.3. The highest BCUT2D eigenvalue weighted by Gasteiger charge is 1.93. The number of rotatable bonds is 6. The Balaban J connectivity index is 0. The van der Waals surface area contributed by atoms with Crippen molar-refractivity contribution in [3.63, 3.8) is 0 Å². The molecule has 0 amide bonds. The van der Waals surface area contributed by atoms with E-state index in [2.05, 4.69) is 12.2 Å². The Morgan fingerprint density at radius 3 is 2.00 bits per heavy atom. The van der Waals surface area contributed by atoms with E-state index in [0.29, 0.717) is 5.84 Å². The molecule has 0 aromatic carbocycles. The smallest absolute Gasteiger partial charge is 0.0905 e. The molecule has 1 fully saturated rings. The second kappa shape index (κ2) is 15.7. The summed E-state index contributed by atoms with van der Waals surface area (Å²) in [5.41, 5.74) is 5.19. The lowest BCUT2D eigenvalue weighted by Gasteiger charge is -2.08. The normalized spacial score (nSPS) is 14.2. The van der Waals surface area contributed by atoms with Gasteiger partial charge in [-0.1, -0.05) is 39.0 Å². The predicted octanol–water partition coefficient (Wildman–Crippen LogP) is 3.46. The van der Waals surface area contributed by atoms with Gasteiger partial charge in [-0.05, 0) is 32.4 Å². The van der Waals surface area contributed by atoms with Crippen molar-refractivity contribution in [3.8, 4) is 0 Å². The summed E-state index contributed by atoms with van der Waals surface area (Å²) in [6.45, 7) is 4.70. The van der Waals surface area contributed by atoms with E-state index in [-0.39, 0.29) is 12.4 Å². The van der Waals surface area contributed by atoms with Crippen molar-refractivity contribution >= 4 is 18.2 Å². The maximum Gasteiger partial charge on any atom is 0.0905 e. The largest absolute Gasteiger partial charge is 0.388 e. The SMILES string of the molecule is C1CCNCC1.CCCCCCCC(=N)N.Cl. The molecule has 0 spiro atoms. The number of nitrogens with one attached hydrogen (secondary N) is 2. The third-order valence-corrected chi connectivity index (χ3v) is 2.76. The average Bonchev–Trinajstić information content (AvgIpc) is 2.31. The summed E-state index contributed by atoms with van der Waals surface area (Å²) < 4.78 is 0. The zero-order valence-electron chi connectivity index (χ0n) is 11.3. The summed E-state index contributed by atoms with van der Waals surface area (Å²) in [5, 5.41) is 10.2. The Kier molecular flexibility index (Phi) is 17.6. The Labute approximate surface area is 113 Å². The van der Waals surface area contributed by atoms with Gasteiger partial charge in [0.2, 0.25) is 0 Å². The molecule has 1 aliphatic heterocycles. The molecule has 4 N–H and O–H groups in total. The van der Waals surface area contributed by atoms with Gasteiger partial charge in [-0.3, -0.25) is 5.41 Å². The lowest BCUT2D eigenvalue weighted by molar-refractivity contribution is 0.520. The van der Waals surface area contributed by atoms with Crippen molar-refractivity contribution in [2.45, 2.75) is 64.7 Å². The summed E-state index contributed by atoms with van der Waals surface area (Å²) in [6, 6.07) is 0. The summed E-state index contributed by atoms with van der Waals surface area (Å²) in [6.07, 6.45) is 11.2. The monoisotopic (exact) mass is 263 g/mol. The van der Waals surface area contributed by atoms with Crippen LogP contribution in [0.15, 0.2) is 0 Å². The number of hydrogen-bond acceptors (Lipinski definition) is 2. The molecule has 0 bridgehead atoms. The second-order valence-corrected chi connectivity index (χ2v) is 4.50. The van der Waals surface area contributed by atoms with Crippen LogP contribution in [0.3, 0.4) is 0 Å². The minimum atomic E-state index is 0. The Morgan fingerprint density at radius 1 is 1.06 bits per heavy atom. The van der Waals surface area contributed by atoms with Gasteiger partial charge in [0, 0.05) is 6.42 Å². The van der Waals surface area contributed by atoms with Crippen LogP contribution in [-0.4, -0.2) is 18.9 Å². The molecular weight excluding hydrogens is 234 g/mol. The molecule has 0 radical (unpaired) electrons. The number of piperidine rings is 1. The number of unbranched alkanes of at least 4 members (excludes halogenated alkanes) is 4. The molecule has 104 valence electrons. The average molecular weight is 264 g/mol. The van der Waals surface area contributed by atoms with E-state index in [1.807, 2.05) is 0 Å². The molecule has 0 aromatic heterocycles. The topological polar surface area (TPSA) is 61.9 Å². The fourth-order valence-corrected chi connectivity index (χ4v) is 1.72. The molecule has 1 heterocycles. The minimum absolute atomic E-state index is 0. The molecule has 0 unspecified atom stereocenters. The molecule has 0 aromatic rings. The quantitative estimate of drug-likeness (QED) is 0.390. The van der Waals surface area contributed by atoms with Crippen LogP contribution in [0.4, 0.5) is 0 Å². The van der Waals surface area contributed by atoms with E-state index in [1.165, 1.54) is 58.0 Å². The van der Waals surface area contributed by atoms with Gasteiger partial charge in [-0.25, -0.2) is 0 Å². The van der Waals surface area contributed by atoms with E-state index in [1.54, 1.807) is 0 Å². The number of nitrogens with two attached hydrogens (primary N) is 1. The van der Waals surface area contributed by atoms with Crippen LogP contribution in [0.25, 0.3) is 0 Å². The molecule has 0 saturated carbocycles. The van der Waals surface area contributed by atoms with Crippen molar-refractivity contribution in [2.75, 3.05) is 13.1 Å². The van der Waals surface area contributed by atoms with Gasteiger partial charge >= 0.3 is 0 Å². The number of halogens is 1. The van der Waals surface area contributed by atoms with Crippen LogP contribution >= 0.6 is 12.4 Å². The molecule has 4 heteroatoms. The lowest BCUT2D eigenvalue weighted by atomic mass is 10.1. The summed E-state index contributed by atoms with van der Waals surface area (Å²) in [4.78, 5) is 0. The molecule has 1 aliphatic rings. The Morgan fingerprint density at radius 2 is 1.65 bits per heavy atom. The van der Waals surface area contributed by atoms with Gasteiger partial charge in [-0.2, -0.15) is 0 Å². The first-order valence-corrected chi connectivity index (χ1v) is 6.81. The summed E-state index contributed by atoms with van der Waals surface area (Å²) in [5.74, 6) is 0.330. The van der Waals surface area contributed by atoms with E-state index < -0.39 is 0 Å². The number of hydrogen-bond donors (Lipinski definition) is 3. The first-order chi connectivity index (χ1) is 7.77. The van der Waals surface area contributed by atoms with Crippen molar-refractivity contribution in [1.29, 1.82) is 5.41 Å². The zero-order valence-corrected chi connectivity index (χ0v) is 12.1. The Bertz CT molecular complexity index is 147. The van der Waals surface area contributed by atoms with Gasteiger partial charge in [0.05, 0.1) is 5.84 Å². The van der Waals surface area contributed by atoms with E-state index in [9.17, 15) is 0 Å². The second-order valence-electron chi connectivity index (χ2n) is 4.50. The van der Waals surface area contributed by atoms with Crippen LogP contribution in [-0.2, 0) is 0 Å². The first-order valence-electron chi connectivity index (χ1n) is 6.81. The van der Waals surface area contributed by atoms with Crippen molar-refractivity contribution in [3.05, 3.63) is 0 Å². The first kappa shape index (κ1) is 19.1. The van der Waals surface area contributed by atoms with Gasteiger partial charge in [0.15, 0.2) is 0 Å². The minimum Gasteiger partial charge on any atom is -0.388 e. The van der Waals surface area contributed by atoms with E-state index in [0.717, 1.165) is 12.8 Å². The molecule has 3 nitrogen and oxygen atoms in total. The van der Waals surface area contributed by atoms with Gasteiger partial charge in [0.1, 0.15) is 0 Å². The van der Waals surface area contributed by atoms with Crippen molar-refractivity contribution in [1.82, 2.24) is 5.32 Å². The van der Waals surface area contributed by atoms with Gasteiger partial charge < -0.3 is 11.1 Å². The summed E-state index contributed by atoms with van der Waals surface area (Å²) >= 11 is 0. The molecule has 17 heavy (non-hydrogen) atoms. The van der Waals surface area contributed by atoms with Crippen molar-refractivity contribution in [2.24, 2.45) is 5.73 Å². The van der Waals surface area contributed by atoms with Crippen LogP contribution < -0.4 is 11.1 Å². The van der Waals surface area contributed by atoms with Crippen LogP contribution in [0.1, 0.15) is 64.7 Å². The highest BCUT2D eigenvalue weighted by Crippen LogP contribution is 2.03. The van der Waals surface area contributed by atoms with Crippen molar-refractivity contribution < 1.29 is 0 Å². The third-order valence-electron chi connectivity index (χ3n) is 2.76. The maximum absolute atomic E-state index is 6.95. The fraction of sp³-hybridized carbons (Fsp3) is 0.923. The fourth-order valence-electron chi connectivity index (χ4n) is 1.72. The van der Waals surface area contributed by atoms with E-state index in [4.69, 9.17) is 11.1 Å². The van der Waals surface area contributed by atoms with Crippen LogP contribution in [0.2, 0.25) is 0 Å². The lowest BCUT2D eigenvalue weighted by Crippen LogP contribution is -2.21. The molecular formula is C13H30ClN3. The summed E-state index contributed by atoms with van der Waals surface area (Å²) in [7, 11) is 0. The van der Waals surface area contributed by atoms with Crippen LogP contribution in [0.5, 0.6) is 0 Å². The zero-order chi connectivity index (χ0) is 12.1. The highest BCUT2D eigenvalue weighted by atomic mass is 35.5.